The van der Waals surface area contributed by atoms with E-state index in [-0.39, 0.29) is 0 Å². The van der Waals surface area contributed by atoms with Crippen molar-refractivity contribution >= 4 is 38.6 Å². The number of nitrogens with zero attached hydrogens (tertiary/aromatic N) is 1. The second kappa shape index (κ2) is 18.3. The van der Waals surface area contributed by atoms with Crippen LogP contribution in [0.5, 0.6) is 0 Å². The van der Waals surface area contributed by atoms with Gasteiger partial charge in [0.25, 0.3) is 0 Å². The fraction of sp³-hybridized carbons (Fsp3) is 0. The van der Waals surface area contributed by atoms with Crippen LogP contribution in [0.15, 0.2) is 285 Å². The van der Waals surface area contributed by atoms with Gasteiger partial charge >= 0.3 is 0 Å². The Bertz CT molecular complexity index is 3660. The molecule has 0 aromatic heterocycles. The van der Waals surface area contributed by atoms with E-state index in [0.717, 1.165) is 50.4 Å². The standard InChI is InChI=1S/C68H47N/c1-7-23-49(24-8-1)57-46-43-55(47-63(57)52-29-13-4-14-30-52)48-41-44-56(45-42-48)69(68-58(50-25-9-2-10-26-50)37-21-38-59(68)51-27-11-3-12-28-51)64-40-22-39-62-60-35-19-20-36-61(60)65(53-31-15-5-16-32-53)66(67(62)64)54-33-17-6-18-34-54/h1-47H. The first-order valence-electron chi connectivity index (χ1n) is 23.8. The maximum atomic E-state index is 2.54. The molecule has 0 aliphatic carbocycles. The Balaban J connectivity index is 1.16. The van der Waals surface area contributed by atoms with Crippen LogP contribution in [0.25, 0.3) is 99.4 Å². The normalized spacial score (nSPS) is 11.2. The first-order valence-corrected chi connectivity index (χ1v) is 23.8. The summed E-state index contributed by atoms with van der Waals surface area (Å²) in [7, 11) is 0. The van der Waals surface area contributed by atoms with Crippen LogP contribution in [0.1, 0.15) is 0 Å². The van der Waals surface area contributed by atoms with Gasteiger partial charge < -0.3 is 4.90 Å². The minimum Gasteiger partial charge on any atom is -0.309 e. The molecule has 0 N–H and O–H groups in total. The van der Waals surface area contributed by atoms with Crippen LogP contribution >= 0.6 is 0 Å². The molecule has 0 aliphatic heterocycles. The minimum absolute atomic E-state index is 1.06. The summed E-state index contributed by atoms with van der Waals surface area (Å²) in [5.41, 5.74) is 19.8. The quantitative estimate of drug-likeness (QED) is 0.124. The monoisotopic (exact) mass is 877 g/mol. The molecular formula is C68H47N. The van der Waals surface area contributed by atoms with E-state index < -0.39 is 0 Å². The Morgan fingerprint density at radius 2 is 0.623 bits per heavy atom. The van der Waals surface area contributed by atoms with Gasteiger partial charge in [0.1, 0.15) is 0 Å². The van der Waals surface area contributed by atoms with Gasteiger partial charge in [-0.05, 0) is 102 Å². The second-order valence-corrected chi connectivity index (χ2v) is 17.5. The largest absolute Gasteiger partial charge is 0.309 e. The van der Waals surface area contributed by atoms with E-state index in [1.165, 1.54) is 66.1 Å². The van der Waals surface area contributed by atoms with Crippen LogP contribution in [0.4, 0.5) is 17.1 Å². The third-order valence-corrected chi connectivity index (χ3v) is 13.5. The highest BCUT2D eigenvalue weighted by atomic mass is 15.1. The molecule has 1 nitrogen and oxygen atoms in total. The molecule has 0 unspecified atom stereocenters. The van der Waals surface area contributed by atoms with Crippen molar-refractivity contribution in [1.29, 1.82) is 0 Å². The Kier molecular flexibility index (Phi) is 11.0. The average Bonchev–Trinajstić information content (AvgIpc) is 3.44. The molecule has 0 saturated heterocycles. The Hall–Kier alpha value is -9.04. The topological polar surface area (TPSA) is 3.24 Å². The minimum atomic E-state index is 1.06. The molecule has 0 bridgehead atoms. The van der Waals surface area contributed by atoms with E-state index in [0.29, 0.717) is 0 Å². The number of para-hydroxylation sites is 1. The van der Waals surface area contributed by atoms with Gasteiger partial charge in [-0.25, -0.2) is 0 Å². The van der Waals surface area contributed by atoms with Crippen LogP contribution in [0.2, 0.25) is 0 Å². The van der Waals surface area contributed by atoms with E-state index in [4.69, 9.17) is 0 Å². The molecule has 12 rings (SSSR count). The molecule has 1 heteroatoms. The SMILES string of the molecule is c1ccc(-c2ccc(-c3ccc(N(c4c(-c5ccccc5)cccc4-c4ccccc4)c4cccc5c4c(-c4ccccc4)c(-c4ccccc4)c4ccccc45)cc3)cc2-c2ccccc2)cc1. The van der Waals surface area contributed by atoms with Crippen molar-refractivity contribution in [2.24, 2.45) is 0 Å². The van der Waals surface area contributed by atoms with Crippen molar-refractivity contribution in [3.05, 3.63) is 285 Å². The summed E-state index contributed by atoms with van der Waals surface area (Å²) in [6.07, 6.45) is 0. The Morgan fingerprint density at radius 3 is 1.16 bits per heavy atom. The van der Waals surface area contributed by atoms with Crippen LogP contribution in [-0.4, -0.2) is 0 Å². The van der Waals surface area contributed by atoms with Gasteiger partial charge in [-0.2, -0.15) is 0 Å². The molecule has 0 heterocycles. The van der Waals surface area contributed by atoms with Crippen molar-refractivity contribution in [1.82, 2.24) is 0 Å². The molecule has 12 aromatic rings. The third kappa shape index (κ3) is 7.76. The number of fused-ring (bicyclic) bond motifs is 3. The van der Waals surface area contributed by atoms with E-state index >= 15 is 0 Å². The predicted octanol–water partition coefficient (Wildman–Crippen LogP) is 19.1. The van der Waals surface area contributed by atoms with Crippen LogP contribution in [0, 0.1) is 0 Å². The van der Waals surface area contributed by atoms with Crippen molar-refractivity contribution < 1.29 is 0 Å². The summed E-state index contributed by atoms with van der Waals surface area (Å²) in [4.78, 5) is 2.54. The summed E-state index contributed by atoms with van der Waals surface area (Å²) < 4.78 is 0. The fourth-order valence-corrected chi connectivity index (χ4v) is 10.3. The lowest BCUT2D eigenvalue weighted by Gasteiger charge is -2.33. The predicted molar refractivity (Wildman–Crippen MR) is 294 cm³/mol. The van der Waals surface area contributed by atoms with Gasteiger partial charge in [0.2, 0.25) is 0 Å². The average molecular weight is 878 g/mol. The van der Waals surface area contributed by atoms with E-state index in [1.54, 1.807) is 0 Å². The number of hydrogen-bond donors (Lipinski definition) is 0. The molecule has 324 valence electrons. The van der Waals surface area contributed by atoms with Gasteiger partial charge in [0.05, 0.1) is 11.4 Å². The lowest BCUT2D eigenvalue weighted by Crippen LogP contribution is -2.14. The zero-order valence-corrected chi connectivity index (χ0v) is 38.1. The maximum Gasteiger partial charge on any atom is 0.0618 e. The molecule has 0 atom stereocenters. The van der Waals surface area contributed by atoms with Gasteiger partial charge in [-0.3, -0.25) is 0 Å². The van der Waals surface area contributed by atoms with E-state index in [9.17, 15) is 0 Å². The summed E-state index contributed by atoms with van der Waals surface area (Å²) in [5, 5.41) is 4.84. The van der Waals surface area contributed by atoms with Crippen molar-refractivity contribution in [2.45, 2.75) is 0 Å². The van der Waals surface area contributed by atoms with Crippen molar-refractivity contribution in [3.8, 4) is 77.9 Å². The molecule has 0 aliphatic rings. The molecule has 69 heavy (non-hydrogen) atoms. The molecule has 0 fully saturated rings. The molecule has 0 radical (unpaired) electrons. The smallest absolute Gasteiger partial charge is 0.0618 e. The highest BCUT2D eigenvalue weighted by Crippen LogP contribution is 2.53. The van der Waals surface area contributed by atoms with Crippen LogP contribution in [0.3, 0.4) is 0 Å². The lowest BCUT2D eigenvalue weighted by atomic mass is 9.84. The maximum absolute atomic E-state index is 2.54. The van der Waals surface area contributed by atoms with Gasteiger partial charge in [-0.1, -0.05) is 261 Å². The fourth-order valence-electron chi connectivity index (χ4n) is 10.3. The first kappa shape index (κ1) is 41.4. The number of rotatable bonds is 10. The Morgan fingerprint density at radius 1 is 0.217 bits per heavy atom. The molecule has 12 aromatic carbocycles. The van der Waals surface area contributed by atoms with Gasteiger partial charge in [0, 0.05) is 27.8 Å². The summed E-state index contributed by atoms with van der Waals surface area (Å²) in [6.45, 7) is 0. The van der Waals surface area contributed by atoms with Gasteiger partial charge in [0.15, 0.2) is 0 Å². The highest BCUT2D eigenvalue weighted by Gasteiger charge is 2.27. The van der Waals surface area contributed by atoms with Crippen molar-refractivity contribution in [3.63, 3.8) is 0 Å². The zero-order valence-electron chi connectivity index (χ0n) is 38.1. The number of hydrogen-bond acceptors (Lipinski definition) is 1. The van der Waals surface area contributed by atoms with E-state index in [2.05, 4.69) is 290 Å². The lowest BCUT2D eigenvalue weighted by molar-refractivity contribution is 1.30. The molecule has 0 saturated carbocycles. The number of anilines is 3. The molecular weight excluding hydrogens is 831 g/mol. The van der Waals surface area contributed by atoms with Gasteiger partial charge in [-0.15, -0.1) is 0 Å². The summed E-state index contributed by atoms with van der Waals surface area (Å²) in [6, 6.07) is 104. The zero-order chi connectivity index (χ0) is 45.9. The first-order chi connectivity index (χ1) is 34.3. The Labute approximate surface area is 404 Å². The molecule has 0 spiro atoms. The number of benzene rings is 12. The third-order valence-electron chi connectivity index (χ3n) is 13.5. The van der Waals surface area contributed by atoms with Crippen LogP contribution < -0.4 is 4.90 Å². The highest BCUT2D eigenvalue weighted by molar-refractivity contribution is 6.25. The van der Waals surface area contributed by atoms with Crippen LogP contribution in [-0.2, 0) is 0 Å². The molecule has 0 amide bonds. The van der Waals surface area contributed by atoms with Crippen molar-refractivity contribution in [2.75, 3.05) is 4.90 Å². The summed E-state index contributed by atoms with van der Waals surface area (Å²) in [5.74, 6) is 0. The summed E-state index contributed by atoms with van der Waals surface area (Å²) >= 11 is 0. The second-order valence-electron chi connectivity index (χ2n) is 17.5. The van der Waals surface area contributed by atoms with E-state index in [1.807, 2.05) is 0 Å².